The smallest absolute Gasteiger partial charge is 0.0840 e. The Hall–Kier alpha value is 0.470. The van der Waals surface area contributed by atoms with Gasteiger partial charge in [-0.15, -0.1) is 0 Å². The first-order chi connectivity index (χ1) is 5.61. The molecule has 0 saturated heterocycles. The van der Waals surface area contributed by atoms with Gasteiger partial charge in [0.1, 0.15) is 0 Å². The molecule has 1 aliphatic rings. The summed E-state index contributed by atoms with van der Waals surface area (Å²) in [5.41, 5.74) is 1.23. The third-order valence-electron chi connectivity index (χ3n) is 2.11. The molecule has 0 heterocycles. The molecule has 1 unspecified atom stereocenters. The summed E-state index contributed by atoms with van der Waals surface area (Å²) < 4.78 is 0.102. The molecule has 0 amide bonds. The standard InChI is InChI=1S/C9H7Br2Cl/c10-9(11)5-7(9)6-3-1-2-4-8(6)12/h1-4,7H,5H2. The minimum absolute atomic E-state index is 0.102. The average Bonchev–Trinajstić information content (AvgIpc) is 2.61. The van der Waals surface area contributed by atoms with E-state index >= 15 is 0 Å². The van der Waals surface area contributed by atoms with E-state index in [-0.39, 0.29) is 3.23 Å². The monoisotopic (exact) mass is 308 g/mol. The van der Waals surface area contributed by atoms with Gasteiger partial charge in [0.2, 0.25) is 0 Å². The van der Waals surface area contributed by atoms with Crippen LogP contribution in [-0.4, -0.2) is 3.23 Å². The Bertz CT molecular complexity index is 309. The third kappa shape index (κ3) is 1.57. The van der Waals surface area contributed by atoms with Crippen LogP contribution in [-0.2, 0) is 0 Å². The zero-order chi connectivity index (χ0) is 8.77. The molecular weight excluding hydrogens is 303 g/mol. The summed E-state index contributed by atoms with van der Waals surface area (Å²) in [4.78, 5) is 0. The summed E-state index contributed by atoms with van der Waals surface area (Å²) >= 11 is 13.2. The summed E-state index contributed by atoms with van der Waals surface area (Å²) in [6.07, 6.45) is 1.11. The fourth-order valence-electron chi connectivity index (χ4n) is 1.31. The maximum absolute atomic E-state index is 6.04. The van der Waals surface area contributed by atoms with Crippen molar-refractivity contribution in [3.63, 3.8) is 0 Å². The van der Waals surface area contributed by atoms with Crippen LogP contribution in [0.2, 0.25) is 5.02 Å². The maximum atomic E-state index is 6.04. The van der Waals surface area contributed by atoms with Crippen LogP contribution in [0.4, 0.5) is 0 Å². The van der Waals surface area contributed by atoms with Gasteiger partial charge in [0.15, 0.2) is 0 Å². The highest BCUT2D eigenvalue weighted by molar-refractivity contribution is 9.25. The zero-order valence-electron chi connectivity index (χ0n) is 6.23. The van der Waals surface area contributed by atoms with Gasteiger partial charge in [-0.25, -0.2) is 0 Å². The number of rotatable bonds is 1. The number of hydrogen-bond donors (Lipinski definition) is 0. The van der Waals surface area contributed by atoms with E-state index in [9.17, 15) is 0 Å². The molecule has 1 atom stereocenters. The Morgan fingerprint density at radius 3 is 2.42 bits per heavy atom. The van der Waals surface area contributed by atoms with E-state index in [2.05, 4.69) is 37.9 Å². The molecule has 0 spiro atoms. The second-order valence-corrected chi connectivity index (χ2v) is 7.34. The molecule has 1 fully saturated rings. The lowest BCUT2D eigenvalue weighted by Gasteiger charge is -2.02. The second-order valence-electron chi connectivity index (χ2n) is 3.04. The van der Waals surface area contributed by atoms with Crippen molar-refractivity contribution in [3.05, 3.63) is 34.9 Å². The number of benzene rings is 1. The maximum Gasteiger partial charge on any atom is 0.0881 e. The van der Waals surface area contributed by atoms with Gasteiger partial charge in [0.05, 0.1) is 3.23 Å². The van der Waals surface area contributed by atoms with Crippen molar-refractivity contribution in [1.29, 1.82) is 0 Å². The van der Waals surface area contributed by atoms with Gasteiger partial charge >= 0.3 is 0 Å². The highest BCUT2D eigenvalue weighted by Crippen LogP contribution is 2.63. The predicted octanol–water partition coefficient (Wildman–Crippen LogP) is 4.31. The number of alkyl halides is 2. The Kier molecular flexibility index (Phi) is 2.26. The fourth-order valence-corrected chi connectivity index (χ4v) is 2.72. The number of halogens is 3. The lowest BCUT2D eigenvalue weighted by atomic mass is 10.1. The largest absolute Gasteiger partial charge is 0.0881 e. The average molecular weight is 310 g/mol. The van der Waals surface area contributed by atoms with Gasteiger partial charge in [-0.1, -0.05) is 61.7 Å². The van der Waals surface area contributed by atoms with Crippen LogP contribution in [0.25, 0.3) is 0 Å². The lowest BCUT2D eigenvalue weighted by molar-refractivity contribution is 1.13. The topological polar surface area (TPSA) is 0 Å². The minimum Gasteiger partial charge on any atom is -0.0840 e. The highest BCUT2D eigenvalue weighted by Gasteiger charge is 2.51. The van der Waals surface area contributed by atoms with Crippen LogP contribution < -0.4 is 0 Å². The van der Waals surface area contributed by atoms with E-state index in [1.165, 1.54) is 5.56 Å². The van der Waals surface area contributed by atoms with Gasteiger partial charge < -0.3 is 0 Å². The van der Waals surface area contributed by atoms with Gasteiger partial charge in [-0.3, -0.25) is 0 Å². The molecule has 1 saturated carbocycles. The van der Waals surface area contributed by atoms with E-state index in [0.717, 1.165) is 11.4 Å². The van der Waals surface area contributed by atoms with Gasteiger partial charge in [0.25, 0.3) is 0 Å². The molecule has 12 heavy (non-hydrogen) atoms. The van der Waals surface area contributed by atoms with Crippen molar-refractivity contribution >= 4 is 43.5 Å². The van der Waals surface area contributed by atoms with Crippen molar-refractivity contribution in [3.8, 4) is 0 Å². The molecule has 0 nitrogen and oxygen atoms in total. The molecule has 1 aromatic carbocycles. The predicted molar refractivity (Wildman–Crippen MR) is 59.4 cm³/mol. The Morgan fingerprint density at radius 1 is 1.33 bits per heavy atom. The second kappa shape index (κ2) is 3.00. The molecule has 0 N–H and O–H groups in total. The van der Waals surface area contributed by atoms with Gasteiger partial charge in [0, 0.05) is 10.9 Å². The van der Waals surface area contributed by atoms with Crippen LogP contribution in [0.5, 0.6) is 0 Å². The molecule has 64 valence electrons. The van der Waals surface area contributed by atoms with E-state index in [4.69, 9.17) is 11.6 Å². The summed E-state index contributed by atoms with van der Waals surface area (Å²) in [6, 6.07) is 8.00. The van der Waals surface area contributed by atoms with Crippen LogP contribution in [0.1, 0.15) is 17.9 Å². The Labute approximate surface area is 93.6 Å². The lowest BCUT2D eigenvalue weighted by Crippen LogP contribution is -1.88. The quantitative estimate of drug-likeness (QED) is 0.678. The van der Waals surface area contributed by atoms with E-state index in [1.54, 1.807) is 0 Å². The Morgan fingerprint density at radius 2 is 1.92 bits per heavy atom. The number of hydrogen-bond acceptors (Lipinski definition) is 0. The molecular formula is C9H7Br2Cl. The summed E-state index contributed by atoms with van der Waals surface area (Å²) in [5.74, 6) is 0.520. The van der Waals surface area contributed by atoms with Gasteiger partial charge in [-0.05, 0) is 18.1 Å². The molecule has 0 radical (unpaired) electrons. The minimum atomic E-state index is 0.102. The summed E-state index contributed by atoms with van der Waals surface area (Å²) in [7, 11) is 0. The van der Waals surface area contributed by atoms with Crippen molar-refractivity contribution in [2.75, 3.05) is 0 Å². The van der Waals surface area contributed by atoms with Crippen molar-refractivity contribution in [2.45, 2.75) is 15.6 Å². The van der Waals surface area contributed by atoms with E-state index in [0.29, 0.717) is 5.92 Å². The normalized spacial score (nSPS) is 25.4. The zero-order valence-corrected chi connectivity index (χ0v) is 10.2. The molecule has 0 aromatic heterocycles. The molecule has 0 bridgehead atoms. The van der Waals surface area contributed by atoms with Crippen LogP contribution in [0.15, 0.2) is 24.3 Å². The summed E-state index contributed by atoms with van der Waals surface area (Å²) in [5, 5.41) is 0.864. The molecule has 2 rings (SSSR count). The Balaban J connectivity index is 2.31. The van der Waals surface area contributed by atoms with Crippen LogP contribution in [0, 0.1) is 0 Å². The van der Waals surface area contributed by atoms with E-state index in [1.807, 2.05) is 18.2 Å². The molecule has 1 aromatic rings. The van der Waals surface area contributed by atoms with Gasteiger partial charge in [-0.2, -0.15) is 0 Å². The first-order valence-electron chi connectivity index (χ1n) is 3.73. The van der Waals surface area contributed by atoms with E-state index < -0.39 is 0 Å². The van der Waals surface area contributed by atoms with Crippen molar-refractivity contribution < 1.29 is 0 Å². The van der Waals surface area contributed by atoms with Crippen molar-refractivity contribution in [2.24, 2.45) is 0 Å². The fraction of sp³-hybridized carbons (Fsp3) is 0.333. The highest BCUT2D eigenvalue weighted by atomic mass is 79.9. The third-order valence-corrected chi connectivity index (χ3v) is 4.20. The molecule has 1 aliphatic carbocycles. The van der Waals surface area contributed by atoms with Crippen LogP contribution >= 0.6 is 43.5 Å². The SMILES string of the molecule is Clc1ccccc1C1CC1(Br)Br. The first-order valence-corrected chi connectivity index (χ1v) is 5.70. The van der Waals surface area contributed by atoms with Crippen LogP contribution in [0.3, 0.4) is 0 Å². The first kappa shape index (κ1) is 9.04. The summed E-state index contributed by atoms with van der Waals surface area (Å²) in [6.45, 7) is 0. The van der Waals surface area contributed by atoms with Crippen molar-refractivity contribution in [1.82, 2.24) is 0 Å². The molecule has 3 heteroatoms. The molecule has 0 aliphatic heterocycles.